The number of carbonyl (C=O) groups is 2. The molecule has 1 heterocycles. The second kappa shape index (κ2) is 7.31. The Morgan fingerprint density at radius 3 is 2.39 bits per heavy atom. The number of hydrogen-bond donors (Lipinski definition) is 1. The van der Waals surface area contributed by atoms with E-state index in [9.17, 15) is 9.59 Å². The first-order valence-corrected chi connectivity index (χ1v) is 9.40. The second-order valence-corrected chi connectivity index (χ2v) is 7.13. The number of para-hydroxylation sites is 1. The van der Waals surface area contributed by atoms with Gasteiger partial charge in [0.05, 0.1) is 0 Å². The minimum absolute atomic E-state index is 0.160. The first-order chi connectivity index (χ1) is 13.6. The van der Waals surface area contributed by atoms with E-state index in [-0.39, 0.29) is 11.8 Å². The second-order valence-electron chi connectivity index (χ2n) is 7.13. The molecule has 0 bridgehead atoms. The van der Waals surface area contributed by atoms with Gasteiger partial charge >= 0.3 is 0 Å². The molecule has 1 aliphatic heterocycles. The zero-order valence-electron chi connectivity index (χ0n) is 16.0. The van der Waals surface area contributed by atoms with Gasteiger partial charge in [-0.3, -0.25) is 14.5 Å². The largest absolute Gasteiger partial charge is 0.324 e. The molecule has 1 N–H and O–H groups in total. The number of aryl methyl sites for hydroxylation is 1. The van der Waals surface area contributed by atoms with Crippen LogP contribution in [0.2, 0.25) is 0 Å². The lowest BCUT2D eigenvalue weighted by atomic mass is 10.1. The van der Waals surface area contributed by atoms with Crippen LogP contribution in [0.4, 0.5) is 11.4 Å². The number of amides is 2. The van der Waals surface area contributed by atoms with Gasteiger partial charge in [-0.25, -0.2) is 0 Å². The van der Waals surface area contributed by atoms with Gasteiger partial charge in [0.2, 0.25) is 5.91 Å². The molecule has 0 aliphatic carbocycles. The number of hydrogen-bond acceptors (Lipinski definition) is 2. The summed E-state index contributed by atoms with van der Waals surface area (Å²) in [5.74, 6) is -0.333. The third kappa shape index (κ3) is 3.18. The van der Waals surface area contributed by atoms with Crippen LogP contribution in [0.25, 0.3) is 0 Å². The van der Waals surface area contributed by atoms with Crippen LogP contribution in [0.15, 0.2) is 72.8 Å². The highest BCUT2D eigenvalue weighted by atomic mass is 16.2. The molecule has 0 saturated carbocycles. The van der Waals surface area contributed by atoms with Crippen molar-refractivity contribution < 1.29 is 9.59 Å². The van der Waals surface area contributed by atoms with Crippen LogP contribution in [0.3, 0.4) is 0 Å². The number of rotatable bonds is 3. The van der Waals surface area contributed by atoms with E-state index in [0.29, 0.717) is 12.0 Å². The molecule has 0 unspecified atom stereocenters. The summed E-state index contributed by atoms with van der Waals surface area (Å²) < 4.78 is 0. The maximum absolute atomic E-state index is 13.2. The van der Waals surface area contributed by atoms with Gasteiger partial charge in [0.25, 0.3) is 5.91 Å². The Kier molecular flexibility index (Phi) is 4.70. The molecular formula is C24H22N2O2. The summed E-state index contributed by atoms with van der Waals surface area (Å²) in [5, 5.41) is 3.03. The van der Waals surface area contributed by atoms with E-state index in [1.165, 1.54) is 0 Å². The normalized spacial score (nSPS) is 15.2. The van der Waals surface area contributed by atoms with Crippen LogP contribution in [0.1, 0.15) is 27.0 Å². The van der Waals surface area contributed by atoms with Gasteiger partial charge in [-0.05, 0) is 54.8 Å². The Bertz CT molecular complexity index is 1040. The lowest BCUT2D eigenvalue weighted by molar-refractivity contribution is -0.117. The number of nitrogens with zero attached hydrogens (tertiary/aromatic N) is 1. The molecule has 3 aromatic rings. The smallest absolute Gasteiger partial charge is 0.259 e. The van der Waals surface area contributed by atoms with E-state index in [0.717, 1.165) is 28.1 Å². The molecule has 0 aromatic heterocycles. The van der Waals surface area contributed by atoms with Crippen molar-refractivity contribution in [3.63, 3.8) is 0 Å². The summed E-state index contributed by atoms with van der Waals surface area (Å²) in [6.45, 7) is 4.00. The van der Waals surface area contributed by atoms with Gasteiger partial charge in [-0.2, -0.15) is 0 Å². The molecule has 0 fully saturated rings. The van der Waals surface area contributed by atoms with Crippen LogP contribution in [-0.4, -0.2) is 17.9 Å². The zero-order valence-corrected chi connectivity index (χ0v) is 16.0. The molecule has 3 aromatic carbocycles. The quantitative estimate of drug-likeness (QED) is 0.737. The Morgan fingerprint density at radius 2 is 1.61 bits per heavy atom. The lowest BCUT2D eigenvalue weighted by Gasteiger charge is -2.25. The van der Waals surface area contributed by atoms with Crippen molar-refractivity contribution in [2.75, 3.05) is 10.2 Å². The highest BCUT2D eigenvalue weighted by molar-refractivity contribution is 6.13. The fraction of sp³-hybridized carbons (Fsp3) is 0.167. The number of fused-ring (bicyclic) bond motifs is 1. The van der Waals surface area contributed by atoms with Crippen molar-refractivity contribution in [1.29, 1.82) is 0 Å². The fourth-order valence-electron chi connectivity index (χ4n) is 3.67. The van der Waals surface area contributed by atoms with E-state index in [1.54, 1.807) is 17.0 Å². The minimum Gasteiger partial charge on any atom is -0.324 e. The fourth-order valence-corrected chi connectivity index (χ4v) is 3.67. The number of anilines is 2. The highest BCUT2D eigenvalue weighted by Crippen LogP contribution is 2.34. The van der Waals surface area contributed by atoms with Crippen LogP contribution >= 0.6 is 0 Å². The highest BCUT2D eigenvalue weighted by Gasteiger charge is 2.38. The standard InChI is InChI=1S/C24H22N2O2/c1-16-9-8-13-20(17(16)2)25-23(27)22-15-19-12-6-7-14-21(19)26(22)24(28)18-10-4-3-5-11-18/h3-14,22H,15H2,1-2H3,(H,25,27)/t22-/m1/s1. The van der Waals surface area contributed by atoms with Crippen LogP contribution < -0.4 is 10.2 Å². The average molecular weight is 370 g/mol. The molecule has 1 aliphatic rings. The predicted octanol–water partition coefficient (Wildman–Crippen LogP) is 4.51. The number of carbonyl (C=O) groups excluding carboxylic acids is 2. The summed E-state index contributed by atoms with van der Waals surface area (Å²) >= 11 is 0. The third-order valence-electron chi connectivity index (χ3n) is 5.38. The van der Waals surface area contributed by atoms with E-state index in [4.69, 9.17) is 0 Å². The SMILES string of the molecule is Cc1cccc(NC(=O)[C@H]2Cc3ccccc3N2C(=O)c2ccccc2)c1C. The van der Waals surface area contributed by atoms with Crippen LogP contribution in [-0.2, 0) is 11.2 Å². The summed E-state index contributed by atoms with van der Waals surface area (Å²) in [5.41, 5.74) is 5.32. The summed E-state index contributed by atoms with van der Waals surface area (Å²) in [4.78, 5) is 28.1. The molecular weight excluding hydrogens is 348 g/mol. The van der Waals surface area contributed by atoms with E-state index < -0.39 is 6.04 Å². The average Bonchev–Trinajstić information content (AvgIpc) is 3.11. The van der Waals surface area contributed by atoms with Crippen molar-refractivity contribution in [3.8, 4) is 0 Å². The van der Waals surface area contributed by atoms with Gasteiger partial charge in [0.15, 0.2) is 0 Å². The maximum Gasteiger partial charge on any atom is 0.259 e. The van der Waals surface area contributed by atoms with Crippen LogP contribution in [0, 0.1) is 13.8 Å². The first-order valence-electron chi connectivity index (χ1n) is 9.40. The summed E-state index contributed by atoms with van der Waals surface area (Å²) in [7, 11) is 0. The summed E-state index contributed by atoms with van der Waals surface area (Å²) in [6.07, 6.45) is 0.505. The van der Waals surface area contributed by atoms with Gasteiger partial charge in [-0.1, -0.05) is 48.5 Å². The first kappa shape index (κ1) is 18.0. The van der Waals surface area contributed by atoms with Crippen molar-refractivity contribution in [2.45, 2.75) is 26.3 Å². The van der Waals surface area contributed by atoms with E-state index in [2.05, 4.69) is 5.32 Å². The van der Waals surface area contributed by atoms with Gasteiger partial charge in [0.1, 0.15) is 6.04 Å². The molecule has 28 heavy (non-hydrogen) atoms. The molecule has 140 valence electrons. The molecule has 0 spiro atoms. The molecule has 2 amide bonds. The number of benzene rings is 3. The van der Waals surface area contributed by atoms with Gasteiger partial charge in [0, 0.05) is 23.4 Å². The lowest BCUT2D eigenvalue weighted by Crippen LogP contribution is -2.45. The Balaban J connectivity index is 1.68. The van der Waals surface area contributed by atoms with Gasteiger partial charge in [-0.15, -0.1) is 0 Å². The summed E-state index contributed by atoms with van der Waals surface area (Å²) in [6, 6.07) is 22.1. The molecule has 1 atom stereocenters. The zero-order chi connectivity index (χ0) is 19.7. The molecule has 0 saturated heterocycles. The number of nitrogens with one attached hydrogen (secondary N) is 1. The Hall–Kier alpha value is -3.40. The van der Waals surface area contributed by atoms with Crippen molar-refractivity contribution in [1.82, 2.24) is 0 Å². The third-order valence-corrected chi connectivity index (χ3v) is 5.38. The monoisotopic (exact) mass is 370 g/mol. The molecule has 0 radical (unpaired) electrons. The Labute approximate surface area is 164 Å². The van der Waals surface area contributed by atoms with E-state index in [1.807, 2.05) is 74.5 Å². The molecule has 4 rings (SSSR count). The maximum atomic E-state index is 13.2. The van der Waals surface area contributed by atoms with E-state index >= 15 is 0 Å². The minimum atomic E-state index is -0.579. The predicted molar refractivity (Wildman–Crippen MR) is 112 cm³/mol. The topological polar surface area (TPSA) is 49.4 Å². The van der Waals surface area contributed by atoms with Crippen molar-refractivity contribution in [2.24, 2.45) is 0 Å². The van der Waals surface area contributed by atoms with Crippen molar-refractivity contribution >= 4 is 23.2 Å². The van der Waals surface area contributed by atoms with Crippen LogP contribution in [0.5, 0.6) is 0 Å². The Morgan fingerprint density at radius 1 is 0.893 bits per heavy atom. The molecule has 4 heteroatoms. The van der Waals surface area contributed by atoms with Gasteiger partial charge < -0.3 is 5.32 Å². The van der Waals surface area contributed by atoms with Crippen molar-refractivity contribution in [3.05, 3.63) is 95.1 Å². The molecule has 4 nitrogen and oxygen atoms in total.